The summed E-state index contributed by atoms with van der Waals surface area (Å²) in [4.78, 5) is 12.9. The lowest BCUT2D eigenvalue weighted by Crippen LogP contribution is -2.60. The molecule has 9 nitrogen and oxygen atoms in total. The fourth-order valence-electron chi connectivity index (χ4n) is 6.86. The average molecular weight is 728 g/mol. The van der Waals surface area contributed by atoms with E-state index >= 15 is 0 Å². The lowest BCUT2D eigenvalue weighted by Gasteiger charge is -2.40. The van der Waals surface area contributed by atoms with E-state index in [0.717, 1.165) is 38.5 Å². The van der Waals surface area contributed by atoms with Crippen molar-refractivity contribution >= 4 is 5.91 Å². The summed E-state index contributed by atoms with van der Waals surface area (Å²) in [5.74, 6) is -0.176. The van der Waals surface area contributed by atoms with Gasteiger partial charge in [-0.3, -0.25) is 4.79 Å². The second-order valence-electron chi connectivity index (χ2n) is 15.1. The normalized spacial score (nSPS) is 22.1. The SMILES string of the molecule is CCCCCCCCCCCCCC=CC(O)C(CO[C@H]1O[C@H](CO)[C@H](O)[C@H](O)[C@H]1O)NC(=O)CCCCCCCCCCCCCCCCC. The number of hydrogen-bond donors (Lipinski definition) is 6. The number of aliphatic hydroxyl groups is 5. The van der Waals surface area contributed by atoms with E-state index in [1.807, 2.05) is 6.08 Å². The van der Waals surface area contributed by atoms with Gasteiger partial charge < -0.3 is 40.3 Å². The molecule has 0 aromatic rings. The van der Waals surface area contributed by atoms with E-state index in [1.165, 1.54) is 135 Å². The van der Waals surface area contributed by atoms with E-state index < -0.39 is 49.5 Å². The number of aliphatic hydroxyl groups excluding tert-OH is 5. The first kappa shape index (κ1) is 48.0. The molecule has 1 aliphatic heterocycles. The van der Waals surface area contributed by atoms with Gasteiger partial charge in [-0.05, 0) is 19.3 Å². The van der Waals surface area contributed by atoms with Gasteiger partial charge in [0.25, 0.3) is 0 Å². The number of rotatable bonds is 35. The van der Waals surface area contributed by atoms with E-state index in [2.05, 4.69) is 19.2 Å². The van der Waals surface area contributed by atoms with Crippen molar-refractivity contribution in [2.75, 3.05) is 13.2 Å². The second-order valence-corrected chi connectivity index (χ2v) is 15.1. The van der Waals surface area contributed by atoms with E-state index in [-0.39, 0.29) is 12.5 Å². The van der Waals surface area contributed by atoms with Crippen molar-refractivity contribution in [1.82, 2.24) is 5.32 Å². The molecule has 0 bridgehead atoms. The minimum atomic E-state index is -1.56. The molecule has 0 spiro atoms. The van der Waals surface area contributed by atoms with Crippen molar-refractivity contribution in [3.05, 3.63) is 12.2 Å². The third-order valence-electron chi connectivity index (χ3n) is 10.4. The zero-order valence-electron chi connectivity index (χ0n) is 32.9. The number of carbonyl (C=O) groups is 1. The smallest absolute Gasteiger partial charge is 0.220 e. The average Bonchev–Trinajstić information content (AvgIpc) is 3.13. The van der Waals surface area contributed by atoms with Crippen LogP contribution in [0.5, 0.6) is 0 Å². The Morgan fingerprint density at radius 1 is 0.647 bits per heavy atom. The lowest BCUT2D eigenvalue weighted by molar-refractivity contribution is -0.302. The molecule has 0 radical (unpaired) electrons. The van der Waals surface area contributed by atoms with Crippen LogP contribution in [-0.4, -0.2) is 87.5 Å². The summed E-state index contributed by atoms with van der Waals surface area (Å²) in [5.41, 5.74) is 0. The molecule has 0 aromatic carbocycles. The summed E-state index contributed by atoms with van der Waals surface area (Å²) in [5, 5.41) is 54.0. The number of hydrogen-bond acceptors (Lipinski definition) is 8. The number of nitrogens with one attached hydrogen (secondary N) is 1. The molecule has 2 unspecified atom stereocenters. The topological polar surface area (TPSA) is 149 Å². The Hall–Kier alpha value is -1.07. The monoisotopic (exact) mass is 728 g/mol. The fraction of sp³-hybridized carbons (Fsp3) is 0.929. The number of carbonyl (C=O) groups excluding carboxylic acids is 1. The molecular weight excluding hydrogens is 646 g/mol. The van der Waals surface area contributed by atoms with Gasteiger partial charge in [0.1, 0.15) is 24.4 Å². The van der Waals surface area contributed by atoms with Crippen LogP contribution in [0.25, 0.3) is 0 Å². The van der Waals surface area contributed by atoms with Gasteiger partial charge in [-0.1, -0.05) is 180 Å². The number of unbranched alkanes of at least 4 members (excludes halogenated alkanes) is 25. The number of allylic oxidation sites excluding steroid dienone is 1. The maximum atomic E-state index is 12.9. The number of ether oxygens (including phenoxy) is 2. The van der Waals surface area contributed by atoms with Crippen LogP contribution < -0.4 is 5.32 Å². The number of amides is 1. The van der Waals surface area contributed by atoms with E-state index in [4.69, 9.17) is 9.47 Å². The van der Waals surface area contributed by atoms with Crippen molar-refractivity contribution in [1.29, 1.82) is 0 Å². The molecule has 1 rings (SSSR count). The third kappa shape index (κ3) is 24.8. The van der Waals surface area contributed by atoms with Crippen molar-refractivity contribution < 1.29 is 39.8 Å². The minimum Gasteiger partial charge on any atom is -0.394 e. The Bertz CT molecular complexity index is 812. The van der Waals surface area contributed by atoms with Crippen LogP contribution in [0, 0.1) is 0 Å². The predicted molar refractivity (Wildman–Crippen MR) is 207 cm³/mol. The largest absolute Gasteiger partial charge is 0.394 e. The third-order valence-corrected chi connectivity index (χ3v) is 10.4. The molecule has 0 aromatic heterocycles. The molecule has 1 amide bonds. The quantitative estimate of drug-likeness (QED) is 0.0283. The van der Waals surface area contributed by atoms with Gasteiger partial charge in [-0.2, -0.15) is 0 Å². The Balaban J connectivity index is 2.39. The summed E-state index contributed by atoms with van der Waals surface area (Å²) in [6.07, 6.45) is 29.6. The first-order chi connectivity index (χ1) is 24.8. The predicted octanol–water partition coefficient (Wildman–Crippen LogP) is 8.17. The molecule has 1 saturated heterocycles. The molecular formula is C42H81NO8. The highest BCUT2D eigenvalue weighted by Gasteiger charge is 2.44. The van der Waals surface area contributed by atoms with Crippen molar-refractivity contribution in [3.8, 4) is 0 Å². The molecule has 7 atom stereocenters. The highest BCUT2D eigenvalue weighted by atomic mass is 16.7. The lowest BCUT2D eigenvalue weighted by atomic mass is 9.99. The van der Waals surface area contributed by atoms with Crippen molar-refractivity contribution in [2.24, 2.45) is 0 Å². The van der Waals surface area contributed by atoms with E-state index in [9.17, 15) is 30.3 Å². The highest BCUT2D eigenvalue weighted by Crippen LogP contribution is 2.22. The van der Waals surface area contributed by atoms with E-state index in [0.29, 0.717) is 6.42 Å². The summed E-state index contributed by atoms with van der Waals surface area (Å²) < 4.78 is 11.2. The summed E-state index contributed by atoms with van der Waals surface area (Å²) in [7, 11) is 0. The van der Waals surface area contributed by atoms with Gasteiger partial charge in [-0.25, -0.2) is 0 Å². The van der Waals surface area contributed by atoms with Crippen LogP contribution in [0.15, 0.2) is 12.2 Å². The minimum absolute atomic E-state index is 0.176. The summed E-state index contributed by atoms with van der Waals surface area (Å²) in [6.45, 7) is 3.76. The van der Waals surface area contributed by atoms with Gasteiger partial charge in [0.05, 0.1) is 25.4 Å². The second kappa shape index (κ2) is 33.5. The first-order valence-electron chi connectivity index (χ1n) is 21.4. The first-order valence-corrected chi connectivity index (χ1v) is 21.4. The molecule has 302 valence electrons. The van der Waals surface area contributed by atoms with Gasteiger partial charge >= 0.3 is 0 Å². The van der Waals surface area contributed by atoms with Crippen LogP contribution in [0.1, 0.15) is 194 Å². The van der Waals surface area contributed by atoms with Gasteiger partial charge in [0, 0.05) is 6.42 Å². The fourth-order valence-corrected chi connectivity index (χ4v) is 6.86. The molecule has 0 saturated carbocycles. The highest BCUT2D eigenvalue weighted by molar-refractivity contribution is 5.76. The molecule has 9 heteroatoms. The Labute approximate surface area is 312 Å². The van der Waals surface area contributed by atoms with Crippen LogP contribution in [0.4, 0.5) is 0 Å². The molecule has 0 aliphatic carbocycles. The van der Waals surface area contributed by atoms with E-state index in [1.54, 1.807) is 6.08 Å². The van der Waals surface area contributed by atoms with Gasteiger partial charge in [0.15, 0.2) is 6.29 Å². The Morgan fingerprint density at radius 3 is 1.53 bits per heavy atom. The van der Waals surface area contributed by atoms with Crippen molar-refractivity contribution in [3.63, 3.8) is 0 Å². The molecule has 1 aliphatic rings. The Kier molecular flexibility index (Phi) is 31.5. The van der Waals surface area contributed by atoms with Crippen LogP contribution in [-0.2, 0) is 14.3 Å². The molecule has 6 N–H and O–H groups in total. The standard InChI is InChI=1S/C42H81NO8/c1-3-5-7-9-11-13-15-17-18-20-22-24-26-28-30-32-38(46)43-35(34-50-42-41(49)40(48)39(47)37(33-44)51-42)36(45)31-29-27-25-23-21-19-16-14-12-10-8-6-4-2/h29,31,35-37,39-42,44-45,47-49H,3-28,30,32-34H2,1-2H3,(H,43,46)/t35?,36?,37-,39+,40+,41-,42+/m1/s1. The van der Waals surface area contributed by atoms with Crippen LogP contribution >= 0.6 is 0 Å². The molecule has 51 heavy (non-hydrogen) atoms. The van der Waals surface area contributed by atoms with Crippen LogP contribution in [0.3, 0.4) is 0 Å². The zero-order valence-corrected chi connectivity index (χ0v) is 32.9. The summed E-state index contributed by atoms with van der Waals surface area (Å²) in [6, 6.07) is -0.796. The zero-order chi connectivity index (χ0) is 37.4. The maximum Gasteiger partial charge on any atom is 0.220 e. The molecule has 1 heterocycles. The van der Waals surface area contributed by atoms with Crippen LogP contribution in [0.2, 0.25) is 0 Å². The van der Waals surface area contributed by atoms with Gasteiger partial charge in [-0.15, -0.1) is 0 Å². The Morgan fingerprint density at radius 2 is 1.08 bits per heavy atom. The molecule has 1 fully saturated rings. The summed E-state index contributed by atoms with van der Waals surface area (Å²) >= 11 is 0. The maximum absolute atomic E-state index is 12.9. The van der Waals surface area contributed by atoms with Crippen molar-refractivity contribution in [2.45, 2.75) is 236 Å². The van der Waals surface area contributed by atoms with Gasteiger partial charge in [0.2, 0.25) is 5.91 Å².